The standard InChI is InChI=1S/C22H30OSi/c1-19(17-23-18-21-13-9-6-10-14-21)15-22(24(2,3)4)16-20-11-7-5-8-12-20/h5-15,19H,16-18H2,1-4H3/b22-15-/t19-/m1/s1. The lowest BCUT2D eigenvalue weighted by atomic mass is 10.1. The summed E-state index contributed by atoms with van der Waals surface area (Å²) in [6.45, 7) is 11.0. The minimum atomic E-state index is -1.33. The first-order valence-corrected chi connectivity index (χ1v) is 12.3. The monoisotopic (exact) mass is 338 g/mol. The summed E-state index contributed by atoms with van der Waals surface area (Å²) in [4.78, 5) is 0. The highest BCUT2D eigenvalue weighted by Gasteiger charge is 2.20. The van der Waals surface area contributed by atoms with Crippen LogP contribution in [-0.4, -0.2) is 14.7 Å². The van der Waals surface area contributed by atoms with Gasteiger partial charge in [-0.2, -0.15) is 0 Å². The summed E-state index contributed by atoms with van der Waals surface area (Å²) in [5, 5.41) is 1.62. The van der Waals surface area contributed by atoms with Crippen LogP contribution in [0.4, 0.5) is 0 Å². The van der Waals surface area contributed by atoms with E-state index in [0.29, 0.717) is 12.5 Å². The maximum Gasteiger partial charge on any atom is 0.0724 e. The van der Waals surface area contributed by atoms with Gasteiger partial charge in [0.05, 0.1) is 21.3 Å². The minimum absolute atomic E-state index is 0.444. The van der Waals surface area contributed by atoms with E-state index in [1.54, 1.807) is 5.20 Å². The Labute approximate surface area is 148 Å². The predicted molar refractivity (Wildman–Crippen MR) is 107 cm³/mol. The first-order chi connectivity index (χ1) is 11.4. The van der Waals surface area contributed by atoms with Crippen molar-refractivity contribution in [3.63, 3.8) is 0 Å². The van der Waals surface area contributed by atoms with Crippen LogP contribution in [0.25, 0.3) is 0 Å². The lowest BCUT2D eigenvalue weighted by Crippen LogP contribution is -2.26. The van der Waals surface area contributed by atoms with E-state index in [4.69, 9.17) is 4.74 Å². The van der Waals surface area contributed by atoms with Gasteiger partial charge in [0.1, 0.15) is 0 Å². The Morgan fingerprint density at radius 1 is 0.917 bits per heavy atom. The van der Waals surface area contributed by atoms with Crippen LogP contribution in [0.5, 0.6) is 0 Å². The SMILES string of the molecule is C[C@H](/C=C(/Cc1ccccc1)[Si](C)(C)C)COCc1ccccc1. The van der Waals surface area contributed by atoms with Gasteiger partial charge in [0.25, 0.3) is 0 Å². The zero-order valence-electron chi connectivity index (χ0n) is 15.5. The van der Waals surface area contributed by atoms with E-state index in [1.165, 1.54) is 11.1 Å². The van der Waals surface area contributed by atoms with Gasteiger partial charge < -0.3 is 4.74 Å². The summed E-state index contributed by atoms with van der Waals surface area (Å²) in [6, 6.07) is 21.2. The van der Waals surface area contributed by atoms with Crippen molar-refractivity contribution in [2.45, 2.75) is 39.6 Å². The van der Waals surface area contributed by atoms with Gasteiger partial charge >= 0.3 is 0 Å². The number of benzene rings is 2. The Balaban J connectivity index is 1.95. The molecule has 0 saturated heterocycles. The van der Waals surface area contributed by atoms with Crippen molar-refractivity contribution in [1.29, 1.82) is 0 Å². The van der Waals surface area contributed by atoms with Crippen LogP contribution in [0.15, 0.2) is 71.9 Å². The van der Waals surface area contributed by atoms with Gasteiger partial charge in [0.2, 0.25) is 0 Å². The molecule has 0 bridgehead atoms. The molecule has 128 valence electrons. The average Bonchev–Trinajstić information content (AvgIpc) is 2.55. The zero-order chi connectivity index (χ0) is 17.4. The van der Waals surface area contributed by atoms with E-state index in [9.17, 15) is 0 Å². The maximum absolute atomic E-state index is 5.92. The molecule has 0 saturated carbocycles. The second kappa shape index (κ2) is 9.00. The minimum Gasteiger partial charge on any atom is -0.376 e. The van der Waals surface area contributed by atoms with Crippen LogP contribution in [0.2, 0.25) is 19.6 Å². The van der Waals surface area contributed by atoms with Gasteiger partial charge in [0, 0.05) is 0 Å². The number of hydrogen-bond acceptors (Lipinski definition) is 1. The van der Waals surface area contributed by atoms with Crippen molar-refractivity contribution in [3.8, 4) is 0 Å². The van der Waals surface area contributed by atoms with E-state index in [0.717, 1.165) is 13.0 Å². The predicted octanol–water partition coefficient (Wildman–Crippen LogP) is 5.89. The van der Waals surface area contributed by atoms with Gasteiger partial charge in [-0.1, -0.05) is 98.5 Å². The fourth-order valence-corrected chi connectivity index (χ4v) is 4.24. The summed E-state index contributed by atoms with van der Waals surface area (Å²) in [5.41, 5.74) is 2.65. The molecule has 1 nitrogen and oxygen atoms in total. The van der Waals surface area contributed by atoms with E-state index in [-0.39, 0.29) is 0 Å². The molecule has 0 aliphatic carbocycles. The normalized spacial score (nSPS) is 13.8. The van der Waals surface area contributed by atoms with E-state index in [2.05, 4.69) is 87.2 Å². The van der Waals surface area contributed by atoms with Gasteiger partial charge in [0.15, 0.2) is 0 Å². The molecule has 0 heterocycles. The van der Waals surface area contributed by atoms with Gasteiger partial charge in [-0.15, -0.1) is 0 Å². The molecular formula is C22H30OSi. The Morgan fingerprint density at radius 3 is 2.00 bits per heavy atom. The van der Waals surface area contributed by atoms with Gasteiger partial charge in [-0.25, -0.2) is 0 Å². The first-order valence-electron chi connectivity index (χ1n) is 8.82. The lowest BCUT2D eigenvalue weighted by Gasteiger charge is -2.23. The molecule has 1 atom stereocenters. The molecule has 2 aromatic carbocycles. The number of rotatable bonds is 8. The van der Waals surface area contributed by atoms with Crippen LogP contribution in [0.3, 0.4) is 0 Å². The molecule has 0 N–H and O–H groups in total. The molecule has 2 rings (SSSR count). The molecule has 0 unspecified atom stereocenters. The van der Waals surface area contributed by atoms with E-state index in [1.807, 2.05) is 6.07 Å². The second-order valence-corrected chi connectivity index (χ2v) is 12.7. The zero-order valence-corrected chi connectivity index (χ0v) is 16.5. The number of ether oxygens (including phenoxy) is 1. The quantitative estimate of drug-likeness (QED) is 0.546. The second-order valence-electron chi connectivity index (χ2n) is 7.58. The van der Waals surface area contributed by atoms with Crippen LogP contribution in [0, 0.1) is 5.92 Å². The average molecular weight is 339 g/mol. The van der Waals surface area contributed by atoms with Crippen molar-refractivity contribution >= 4 is 8.07 Å². The van der Waals surface area contributed by atoms with Crippen LogP contribution in [-0.2, 0) is 17.8 Å². The van der Waals surface area contributed by atoms with E-state index >= 15 is 0 Å². The third-order valence-corrected chi connectivity index (χ3v) is 6.45. The molecule has 0 spiro atoms. The molecule has 2 aromatic rings. The topological polar surface area (TPSA) is 9.23 Å². The van der Waals surface area contributed by atoms with Crippen molar-refractivity contribution in [1.82, 2.24) is 0 Å². The maximum atomic E-state index is 5.92. The van der Waals surface area contributed by atoms with Crippen molar-refractivity contribution < 1.29 is 4.74 Å². The third-order valence-electron chi connectivity index (χ3n) is 4.18. The van der Waals surface area contributed by atoms with Crippen LogP contribution < -0.4 is 0 Å². The summed E-state index contributed by atoms with van der Waals surface area (Å²) in [7, 11) is -1.33. The Hall–Kier alpha value is -1.64. The molecule has 0 aromatic heterocycles. The summed E-state index contributed by atoms with van der Waals surface area (Å²) in [6.07, 6.45) is 3.53. The highest BCUT2D eigenvalue weighted by atomic mass is 28.3. The lowest BCUT2D eigenvalue weighted by molar-refractivity contribution is 0.104. The Bertz CT molecular complexity index is 626. The number of hydrogen-bond donors (Lipinski definition) is 0. The largest absolute Gasteiger partial charge is 0.376 e. The molecule has 24 heavy (non-hydrogen) atoms. The molecule has 0 amide bonds. The molecule has 0 aliphatic heterocycles. The molecule has 0 fully saturated rings. The smallest absolute Gasteiger partial charge is 0.0724 e. The third kappa shape index (κ3) is 6.46. The Morgan fingerprint density at radius 2 is 1.46 bits per heavy atom. The number of allylic oxidation sites excluding steroid dienone is 1. The molecule has 0 aliphatic rings. The molecule has 2 heteroatoms. The van der Waals surface area contributed by atoms with Crippen molar-refractivity contribution in [3.05, 3.63) is 83.1 Å². The highest BCUT2D eigenvalue weighted by molar-refractivity contribution is 6.83. The first kappa shape index (κ1) is 18.7. The van der Waals surface area contributed by atoms with Gasteiger partial charge in [-0.3, -0.25) is 0 Å². The van der Waals surface area contributed by atoms with Crippen LogP contribution in [0.1, 0.15) is 18.1 Å². The fourth-order valence-electron chi connectivity index (χ4n) is 2.72. The van der Waals surface area contributed by atoms with Crippen molar-refractivity contribution in [2.75, 3.05) is 6.61 Å². The molecule has 0 radical (unpaired) electrons. The van der Waals surface area contributed by atoms with Gasteiger partial charge in [-0.05, 0) is 23.5 Å². The fraction of sp³-hybridized carbons (Fsp3) is 0.364. The Kier molecular flexibility index (Phi) is 7.01. The molecular weight excluding hydrogens is 308 g/mol. The summed E-state index contributed by atoms with van der Waals surface area (Å²) < 4.78 is 5.92. The van der Waals surface area contributed by atoms with Crippen LogP contribution >= 0.6 is 0 Å². The summed E-state index contributed by atoms with van der Waals surface area (Å²) in [5.74, 6) is 0.444. The van der Waals surface area contributed by atoms with Crippen molar-refractivity contribution in [2.24, 2.45) is 5.92 Å². The van der Waals surface area contributed by atoms with E-state index < -0.39 is 8.07 Å². The summed E-state index contributed by atoms with van der Waals surface area (Å²) >= 11 is 0. The highest BCUT2D eigenvalue weighted by Crippen LogP contribution is 2.22.